The van der Waals surface area contributed by atoms with E-state index in [1.54, 1.807) is 0 Å². The second kappa shape index (κ2) is 7.79. The number of carboxylic acid groups (broad SMARTS) is 1. The number of benzene rings is 1. The van der Waals surface area contributed by atoms with Crippen molar-refractivity contribution in [2.24, 2.45) is 0 Å². The van der Waals surface area contributed by atoms with E-state index in [4.69, 9.17) is 5.11 Å². The van der Waals surface area contributed by atoms with Crippen LogP contribution >= 0.6 is 0 Å². The molecule has 1 aromatic rings. The summed E-state index contributed by atoms with van der Waals surface area (Å²) >= 11 is 0. The van der Waals surface area contributed by atoms with Crippen molar-refractivity contribution in [2.75, 3.05) is 0 Å². The van der Waals surface area contributed by atoms with E-state index in [-0.39, 0.29) is 5.56 Å². The minimum atomic E-state index is -1.11. The van der Waals surface area contributed by atoms with Gasteiger partial charge in [0.15, 0.2) is 0 Å². The van der Waals surface area contributed by atoms with Crippen LogP contribution in [0.3, 0.4) is 0 Å². The van der Waals surface area contributed by atoms with Gasteiger partial charge >= 0.3 is 5.97 Å². The van der Waals surface area contributed by atoms with Crippen LogP contribution < -0.4 is 5.32 Å². The lowest BCUT2D eigenvalue weighted by Gasteiger charge is -2.10. The zero-order valence-corrected chi connectivity index (χ0v) is 10.7. The number of carbonyl (C=O) groups is 1. The Hall–Kier alpha value is -1.42. The van der Waals surface area contributed by atoms with E-state index < -0.39 is 11.8 Å². The Morgan fingerprint density at radius 1 is 1.24 bits per heavy atom. The molecule has 17 heavy (non-hydrogen) atoms. The summed E-state index contributed by atoms with van der Waals surface area (Å²) in [6.45, 7) is 8.61. The van der Waals surface area contributed by atoms with Crippen molar-refractivity contribution < 1.29 is 14.3 Å². The molecule has 0 spiro atoms. The normalized spacial score (nSPS) is 10.1. The third-order valence-corrected chi connectivity index (χ3v) is 1.74. The molecule has 2 N–H and O–H groups in total. The van der Waals surface area contributed by atoms with Crippen LogP contribution in [0.15, 0.2) is 24.3 Å². The molecule has 0 amide bonds. The van der Waals surface area contributed by atoms with Crippen LogP contribution in [0, 0.1) is 5.82 Å². The molecule has 96 valence electrons. The summed E-state index contributed by atoms with van der Waals surface area (Å²) in [5.74, 6) is -1.64. The van der Waals surface area contributed by atoms with Gasteiger partial charge in [-0.05, 0) is 18.2 Å². The molecule has 0 saturated carbocycles. The molecule has 0 aliphatic carbocycles. The Labute approximate surface area is 102 Å². The molecule has 3 nitrogen and oxygen atoms in total. The summed E-state index contributed by atoms with van der Waals surface area (Å²) in [5, 5.41) is 11.6. The zero-order valence-electron chi connectivity index (χ0n) is 10.7. The maximum absolute atomic E-state index is 12.3. The summed E-state index contributed by atoms with van der Waals surface area (Å²) in [7, 11) is 0. The molecule has 0 atom stereocenters. The molecule has 0 aliphatic rings. The van der Waals surface area contributed by atoms with E-state index in [2.05, 4.69) is 33.0 Å². The highest BCUT2D eigenvalue weighted by atomic mass is 19.1. The van der Waals surface area contributed by atoms with Crippen molar-refractivity contribution in [1.29, 1.82) is 0 Å². The smallest absolute Gasteiger partial charge is 0.335 e. The molecule has 0 fully saturated rings. The van der Waals surface area contributed by atoms with Gasteiger partial charge in [0.25, 0.3) is 0 Å². The highest BCUT2D eigenvalue weighted by molar-refractivity contribution is 5.87. The van der Waals surface area contributed by atoms with Gasteiger partial charge in [0.1, 0.15) is 5.82 Å². The monoisotopic (exact) mass is 241 g/mol. The Morgan fingerprint density at radius 3 is 2.00 bits per heavy atom. The van der Waals surface area contributed by atoms with Gasteiger partial charge in [-0.25, -0.2) is 9.18 Å². The molecule has 4 heteroatoms. The minimum absolute atomic E-state index is 0.0278. The number of carboxylic acids is 1. The molecule has 0 unspecified atom stereocenters. The Balaban J connectivity index is 0.000000325. The molecule has 0 heterocycles. The summed E-state index contributed by atoms with van der Waals surface area (Å²) in [6.07, 6.45) is 0. The van der Waals surface area contributed by atoms with Crippen LogP contribution in [-0.2, 0) is 0 Å². The molecular weight excluding hydrogens is 221 g/mol. The standard InChI is InChI=1S/C7H5FO2.C6H15N/c8-6-3-1-2-5(4-6)7(9)10;1-5(2)7-6(3)4/h1-4H,(H,9,10);5-7H,1-4H3. The first kappa shape index (κ1) is 15.6. The van der Waals surface area contributed by atoms with E-state index in [1.165, 1.54) is 18.2 Å². The maximum atomic E-state index is 12.3. The largest absolute Gasteiger partial charge is 0.478 e. The van der Waals surface area contributed by atoms with Gasteiger partial charge in [0.2, 0.25) is 0 Å². The second-order valence-electron chi connectivity index (χ2n) is 4.29. The Kier molecular flexibility index (Phi) is 7.14. The fourth-order valence-electron chi connectivity index (χ4n) is 1.29. The minimum Gasteiger partial charge on any atom is -0.478 e. The van der Waals surface area contributed by atoms with Crippen LogP contribution in [0.25, 0.3) is 0 Å². The van der Waals surface area contributed by atoms with E-state index in [0.29, 0.717) is 12.1 Å². The van der Waals surface area contributed by atoms with Crippen LogP contribution in [0.2, 0.25) is 0 Å². The molecule has 0 radical (unpaired) electrons. The zero-order chi connectivity index (χ0) is 13.4. The maximum Gasteiger partial charge on any atom is 0.335 e. The molecule has 0 saturated heterocycles. The van der Waals surface area contributed by atoms with Crippen molar-refractivity contribution in [2.45, 2.75) is 39.8 Å². The highest BCUT2D eigenvalue weighted by Crippen LogP contribution is 2.02. The molecule has 1 rings (SSSR count). The van der Waals surface area contributed by atoms with E-state index >= 15 is 0 Å². The average molecular weight is 241 g/mol. The van der Waals surface area contributed by atoms with Crippen molar-refractivity contribution in [3.63, 3.8) is 0 Å². The van der Waals surface area contributed by atoms with Crippen molar-refractivity contribution in [1.82, 2.24) is 5.32 Å². The number of aromatic carboxylic acids is 1. The third-order valence-electron chi connectivity index (χ3n) is 1.74. The fraction of sp³-hybridized carbons (Fsp3) is 0.462. The Morgan fingerprint density at radius 2 is 1.76 bits per heavy atom. The van der Waals surface area contributed by atoms with Crippen LogP contribution in [0.5, 0.6) is 0 Å². The van der Waals surface area contributed by atoms with Gasteiger partial charge in [-0.2, -0.15) is 0 Å². The predicted molar refractivity (Wildman–Crippen MR) is 66.8 cm³/mol. The highest BCUT2D eigenvalue weighted by Gasteiger charge is 2.01. The lowest BCUT2D eigenvalue weighted by Crippen LogP contribution is -2.29. The molecule has 0 aliphatic heterocycles. The third kappa shape index (κ3) is 8.39. The summed E-state index contributed by atoms with van der Waals surface area (Å²) in [4.78, 5) is 10.2. The van der Waals surface area contributed by atoms with Gasteiger partial charge in [-0.3, -0.25) is 0 Å². The number of halogens is 1. The van der Waals surface area contributed by atoms with E-state index in [9.17, 15) is 9.18 Å². The van der Waals surface area contributed by atoms with Crippen LogP contribution in [-0.4, -0.2) is 23.2 Å². The first-order valence-corrected chi connectivity index (χ1v) is 5.57. The molecule has 0 aromatic heterocycles. The van der Waals surface area contributed by atoms with Gasteiger partial charge < -0.3 is 10.4 Å². The van der Waals surface area contributed by atoms with Gasteiger partial charge in [0.05, 0.1) is 5.56 Å². The summed E-state index contributed by atoms with van der Waals surface area (Å²) in [6, 6.07) is 6.12. The first-order valence-electron chi connectivity index (χ1n) is 5.57. The number of hydrogen-bond donors (Lipinski definition) is 2. The van der Waals surface area contributed by atoms with Gasteiger partial charge in [-0.1, -0.05) is 33.8 Å². The lowest BCUT2D eigenvalue weighted by atomic mass is 10.2. The van der Waals surface area contributed by atoms with Crippen molar-refractivity contribution in [3.05, 3.63) is 35.6 Å². The summed E-state index contributed by atoms with van der Waals surface area (Å²) in [5.41, 5.74) is -0.0278. The molecular formula is C13H20FNO2. The lowest BCUT2D eigenvalue weighted by molar-refractivity contribution is 0.0696. The number of nitrogens with one attached hydrogen (secondary N) is 1. The summed E-state index contributed by atoms with van der Waals surface area (Å²) < 4.78 is 12.3. The number of rotatable bonds is 3. The molecule has 0 bridgehead atoms. The molecule has 1 aromatic carbocycles. The Bertz CT molecular complexity index is 345. The van der Waals surface area contributed by atoms with Crippen molar-refractivity contribution in [3.8, 4) is 0 Å². The quantitative estimate of drug-likeness (QED) is 0.855. The SMILES string of the molecule is CC(C)NC(C)C.O=C(O)c1cccc(F)c1. The van der Waals surface area contributed by atoms with E-state index in [0.717, 1.165) is 6.07 Å². The van der Waals surface area contributed by atoms with Crippen LogP contribution in [0.4, 0.5) is 4.39 Å². The first-order chi connectivity index (χ1) is 7.82. The average Bonchev–Trinajstić information content (AvgIpc) is 2.16. The van der Waals surface area contributed by atoms with Crippen LogP contribution in [0.1, 0.15) is 38.1 Å². The topological polar surface area (TPSA) is 49.3 Å². The fourth-order valence-corrected chi connectivity index (χ4v) is 1.29. The van der Waals surface area contributed by atoms with Crippen molar-refractivity contribution >= 4 is 5.97 Å². The van der Waals surface area contributed by atoms with Gasteiger partial charge in [-0.15, -0.1) is 0 Å². The predicted octanol–water partition coefficient (Wildman–Crippen LogP) is 2.92. The second-order valence-corrected chi connectivity index (χ2v) is 4.29. The number of hydrogen-bond acceptors (Lipinski definition) is 2. The van der Waals surface area contributed by atoms with Gasteiger partial charge in [0, 0.05) is 12.1 Å². The van der Waals surface area contributed by atoms with E-state index in [1.807, 2.05) is 0 Å².